The molecule has 0 fully saturated rings. The Kier molecular flexibility index (Phi) is 15.5. The van der Waals surface area contributed by atoms with Gasteiger partial charge in [0.2, 0.25) is 5.91 Å². The van der Waals surface area contributed by atoms with E-state index in [1.54, 1.807) is 0 Å². The lowest BCUT2D eigenvalue weighted by Crippen LogP contribution is -2.26. The van der Waals surface area contributed by atoms with E-state index in [1.165, 1.54) is 70.6 Å². The van der Waals surface area contributed by atoms with Crippen LogP contribution < -0.4 is 5.32 Å². The number of nitrogens with one attached hydrogen (secondary N) is 1. The largest absolute Gasteiger partial charge is 0.356 e. The first kappa shape index (κ1) is 20.5. The van der Waals surface area contributed by atoms with Gasteiger partial charge >= 0.3 is 0 Å². The molecule has 21 heavy (non-hydrogen) atoms. The summed E-state index contributed by atoms with van der Waals surface area (Å²) in [5.41, 5.74) is 0. The molecule has 1 amide bonds. The van der Waals surface area contributed by atoms with Crippen LogP contribution >= 0.6 is 0 Å². The Balaban J connectivity index is 3.10. The molecule has 0 radical (unpaired) electrons. The summed E-state index contributed by atoms with van der Waals surface area (Å²) >= 11 is 0. The van der Waals surface area contributed by atoms with Crippen LogP contribution in [-0.4, -0.2) is 12.5 Å². The maximum atomic E-state index is 11.5. The van der Waals surface area contributed by atoms with Crippen LogP contribution in [0.25, 0.3) is 0 Å². The van der Waals surface area contributed by atoms with E-state index in [0.29, 0.717) is 12.3 Å². The third-order valence-corrected chi connectivity index (χ3v) is 3.96. The van der Waals surface area contributed by atoms with Crippen molar-refractivity contribution < 1.29 is 4.79 Å². The molecule has 0 rings (SSSR count). The Labute approximate surface area is 133 Å². The molecule has 0 bridgehead atoms. The molecule has 0 aliphatic heterocycles. The summed E-state index contributed by atoms with van der Waals surface area (Å²) in [6.07, 6.45) is 16.9. The van der Waals surface area contributed by atoms with Crippen LogP contribution in [0.4, 0.5) is 0 Å². The third-order valence-electron chi connectivity index (χ3n) is 3.96. The van der Waals surface area contributed by atoms with Crippen LogP contribution in [0.1, 0.15) is 104 Å². The summed E-state index contributed by atoms with van der Waals surface area (Å²) in [4.78, 5) is 11.5. The molecule has 0 saturated heterocycles. The summed E-state index contributed by atoms with van der Waals surface area (Å²) in [7, 11) is 0. The van der Waals surface area contributed by atoms with Crippen molar-refractivity contribution in [2.45, 2.75) is 104 Å². The molecule has 2 heteroatoms. The molecule has 0 atom stereocenters. The average Bonchev–Trinajstić information content (AvgIpc) is 2.46. The standard InChI is InChI=1S/C19H39NO/c1-4-5-6-7-8-9-10-11-12-13-14-15-16-19(21)20-17-18(2)3/h18H,4-17H2,1-3H3,(H,20,21). The zero-order valence-corrected chi connectivity index (χ0v) is 14.9. The van der Waals surface area contributed by atoms with Crippen LogP contribution in [0.15, 0.2) is 0 Å². The van der Waals surface area contributed by atoms with Crippen molar-refractivity contribution in [1.82, 2.24) is 5.32 Å². The van der Waals surface area contributed by atoms with Crippen LogP contribution in [0.3, 0.4) is 0 Å². The summed E-state index contributed by atoms with van der Waals surface area (Å²) in [6, 6.07) is 0. The SMILES string of the molecule is CCCCCCCCCCCCCCC(=O)NCC(C)C. The fraction of sp³-hybridized carbons (Fsp3) is 0.947. The fourth-order valence-electron chi connectivity index (χ4n) is 2.53. The van der Waals surface area contributed by atoms with Gasteiger partial charge in [-0.15, -0.1) is 0 Å². The third kappa shape index (κ3) is 17.4. The lowest BCUT2D eigenvalue weighted by atomic mass is 10.0. The zero-order valence-electron chi connectivity index (χ0n) is 14.9. The van der Waals surface area contributed by atoms with Gasteiger partial charge < -0.3 is 5.32 Å². The van der Waals surface area contributed by atoms with Gasteiger partial charge in [-0.2, -0.15) is 0 Å². The van der Waals surface area contributed by atoms with E-state index >= 15 is 0 Å². The van der Waals surface area contributed by atoms with Gasteiger partial charge in [0.05, 0.1) is 0 Å². The molecule has 0 saturated carbocycles. The van der Waals surface area contributed by atoms with Gasteiger partial charge in [0.15, 0.2) is 0 Å². The van der Waals surface area contributed by atoms with E-state index in [1.807, 2.05) is 0 Å². The number of amides is 1. The number of carbonyl (C=O) groups excluding carboxylic acids is 1. The first-order chi connectivity index (χ1) is 10.2. The van der Waals surface area contributed by atoms with E-state index in [0.717, 1.165) is 13.0 Å². The lowest BCUT2D eigenvalue weighted by Gasteiger charge is -2.07. The fourth-order valence-corrected chi connectivity index (χ4v) is 2.53. The number of carbonyl (C=O) groups is 1. The second kappa shape index (κ2) is 15.9. The predicted molar refractivity (Wildman–Crippen MR) is 93.5 cm³/mol. The highest BCUT2D eigenvalue weighted by Gasteiger charge is 2.01. The van der Waals surface area contributed by atoms with Crippen molar-refractivity contribution in [3.63, 3.8) is 0 Å². The van der Waals surface area contributed by atoms with Crippen molar-refractivity contribution in [2.24, 2.45) is 5.92 Å². The number of unbranched alkanes of at least 4 members (excludes halogenated alkanes) is 11. The molecule has 0 aromatic rings. The first-order valence-electron chi connectivity index (χ1n) is 9.43. The number of rotatable bonds is 15. The van der Waals surface area contributed by atoms with E-state index in [4.69, 9.17) is 0 Å². The Morgan fingerprint density at radius 1 is 0.762 bits per heavy atom. The van der Waals surface area contributed by atoms with E-state index < -0.39 is 0 Å². The molecule has 126 valence electrons. The molecule has 0 aromatic carbocycles. The van der Waals surface area contributed by atoms with Crippen LogP contribution in [0, 0.1) is 5.92 Å². The smallest absolute Gasteiger partial charge is 0.220 e. The normalized spacial score (nSPS) is 11.0. The molecular weight excluding hydrogens is 258 g/mol. The van der Waals surface area contributed by atoms with E-state index in [2.05, 4.69) is 26.1 Å². The molecule has 0 aliphatic rings. The molecule has 0 aromatic heterocycles. The van der Waals surface area contributed by atoms with Gasteiger partial charge in [-0.1, -0.05) is 91.4 Å². The monoisotopic (exact) mass is 297 g/mol. The molecule has 0 heterocycles. The quantitative estimate of drug-likeness (QED) is 0.377. The van der Waals surface area contributed by atoms with Gasteiger partial charge in [0, 0.05) is 13.0 Å². The Hall–Kier alpha value is -0.530. The minimum Gasteiger partial charge on any atom is -0.356 e. The first-order valence-corrected chi connectivity index (χ1v) is 9.43. The van der Waals surface area contributed by atoms with Crippen molar-refractivity contribution in [2.75, 3.05) is 6.54 Å². The highest BCUT2D eigenvalue weighted by atomic mass is 16.1. The van der Waals surface area contributed by atoms with Crippen molar-refractivity contribution in [3.8, 4) is 0 Å². The van der Waals surface area contributed by atoms with Gasteiger partial charge in [-0.05, 0) is 12.3 Å². The molecule has 0 spiro atoms. The van der Waals surface area contributed by atoms with Crippen LogP contribution in [-0.2, 0) is 4.79 Å². The lowest BCUT2D eigenvalue weighted by molar-refractivity contribution is -0.121. The van der Waals surface area contributed by atoms with Gasteiger partial charge in [-0.3, -0.25) is 4.79 Å². The van der Waals surface area contributed by atoms with Crippen molar-refractivity contribution in [1.29, 1.82) is 0 Å². The topological polar surface area (TPSA) is 29.1 Å². The van der Waals surface area contributed by atoms with Crippen molar-refractivity contribution >= 4 is 5.91 Å². The molecular formula is C19H39NO. The maximum Gasteiger partial charge on any atom is 0.220 e. The highest BCUT2D eigenvalue weighted by Crippen LogP contribution is 2.12. The molecule has 1 N–H and O–H groups in total. The number of hydrogen-bond acceptors (Lipinski definition) is 1. The van der Waals surface area contributed by atoms with Crippen LogP contribution in [0.2, 0.25) is 0 Å². The maximum absolute atomic E-state index is 11.5. The van der Waals surface area contributed by atoms with Gasteiger partial charge in [0.25, 0.3) is 0 Å². The zero-order chi connectivity index (χ0) is 15.8. The summed E-state index contributed by atoms with van der Waals surface area (Å²) in [5, 5.41) is 2.98. The van der Waals surface area contributed by atoms with E-state index in [-0.39, 0.29) is 5.91 Å². The molecule has 2 nitrogen and oxygen atoms in total. The summed E-state index contributed by atoms with van der Waals surface area (Å²) in [5.74, 6) is 0.784. The minimum absolute atomic E-state index is 0.232. The predicted octanol–water partition coefficient (Wildman–Crippen LogP) is 5.85. The summed E-state index contributed by atoms with van der Waals surface area (Å²) in [6.45, 7) is 7.35. The van der Waals surface area contributed by atoms with E-state index in [9.17, 15) is 4.79 Å². The Morgan fingerprint density at radius 2 is 1.19 bits per heavy atom. The Bertz CT molecular complexity index is 226. The molecule has 0 unspecified atom stereocenters. The Morgan fingerprint density at radius 3 is 1.62 bits per heavy atom. The minimum atomic E-state index is 0.232. The second-order valence-electron chi connectivity index (χ2n) is 6.84. The van der Waals surface area contributed by atoms with Crippen molar-refractivity contribution in [3.05, 3.63) is 0 Å². The summed E-state index contributed by atoms with van der Waals surface area (Å²) < 4.78 is 0. The van der Waals surface area contributed by atoms with Gasteiger partial charge in [0.1, 0.15) is 0 Å². The molecule has 0 aliphatic carbocycles. The second-order valence-corrected chi connectivity index (χ2v) is 6.84. The highest BCUT2D eigenvalue weighted by molar-refractivity contribution is 5.75. The number of hydrogen-bond donors (Lipinski definition) is 1. The average molecular weight is 298 g/mol. The van der Waals surface area contributed by atoms with Gasteiger partial charge in [-0.25, -0.2) is 0 Å². The van der Waals surface area contributed by atoms with Crippen LogP contribution in [0.5, 0.6) is 0 Å².